The largest absolute Gasteiger partial charge is 0.445 e. The second-order valence-electron chi connectivity index (χ2n) is 4.69. The molecule has 1 atom stereocenters. The molecule has 7 heteroatoms. The molecule has 0 N–H and O–H groups in total. The van der Waals surface area contributed by atoms with Crippen LogP contribution in [-0.4, -0.2) is 30.0 Å². The molecular weight excluding hydrogens is 302 g/mol. The molecule has 1 aromatic carbocycles. The van der Waals surface area contributed by atoms with E-state index in [9.17, 15) is 13.6 Å². The summed E-state index contributed by atoms with van der Waals surface area (Å²) in [7, 11) is 0. The predicted octanol–water partition coefficient (Wildman–Crippen LogP) is 3.23. The van der Waals surface area contributed by atoms with Crippen LogP contribution in [-0.2, 0) is 11.3 Å². The Kier molecular flexibility index (Phi) is 5.91. The second kappa shape index (κ2) is 7.23. The number of nitrogens with zero attached hydrogens (tertiary/aromatic N) is 2. The van der Waals surface area contributed by atoms with E-state index < -0.39 is 24.5 Å². The van der Waals surface area contributed by atoms with E-state index in [1.807, 2.05) is 6.07 Å². The lowest BCUT2D eigenvalue weighted by atomic mass is 9.95. The smallest absolute Gasteiger partial charge is 0.410 e. The van der Waals surface area contributed by atoms with Gasteiger partial charge in [-0.05, 0) is 12.0 Å². The highest BCUT2D eigenvalue weighted by molar-refractivity contribution is 5.85. The summed E-state index contributed by atoms with van der Waals surface area (Å²) in [5.74, 6) is -4.51. The maximum absolute atomic E-state index is 13.6. The SMILES string of the molecule is Cl.N#CC1CCN(C(=O)OCc2ccccc2)CC1(F)F. The summed E-state index contributed by atoms with van der Waals surface area (Å²) in [5.41, 5.74) is 0.791. The van der Waals surface area contributed by atoms with E-state index in [1.165, 1.54) is 0 Å². The predicted molar refractivity (Wildman–Crippen MR) is 74.1 cm³/mol. The summed E-state index contributed by atoms with van der Waals surface area (Å²) in [5, 5.41) is 8.64. The average Bonchev–Trinajstić information content (AvgIpc) is 2.44. The van der Waals surface area contributed by atoms with E-state index in [0.717, 1.165) is 10.5 Å². The zero-order chi connectivity index (χ0) is 14.6. The number of rotatable bonds is 2. The van der Waals surface area contributed by atoms with Crippen LogP contribution < -0.4 is 0 Å². The molecule has 114 valence electrons. The maximum Gasteiger partial charge on any atom is 0.410 e. The lowest BCUT2D eigenvalue weighted by Crippen LogP contribution is -2.50. The topological polar surface area (TPSA) is 53.3 Å². The fourth-order valence-electron chi connectivity index (χ4n) is 2.07. The van der Waals surface area contributed by atoms with E-state index >= 15 is 0 Å². The molecule has 1 saturated heterocycles. The summed E-state index contributed by atoms with van der Waals surface area (Å²) in [6.07, 6.45) is -0.811. The van der Waals surface area contributed by atoms with Gasteiger partial charge in [0.05, 0.1) is 12.6 Å². The Morgan fingerprint density at radius 3 is 2.67 bits per heavy atom. The number of ether oxygens (including phenoxy) is 1. The lowest BCUT2D eigenvalue weighted by molar-refractivity contribution is -0.0878. The first-order valence-corrected chi connectivity index (χ1v) is 6.26. The van der Waals surface area contributed by atoms with Gasteiger partial charge >= 0.3 is 6.09 Å². The van der Waals surface area contributed by atoms with Gasteiger partial charge in [-0.3, -0.25) is 0 Å². The quantitative estimate of drug-likeness (QED) is 0.841. The van der Waals surface area contributed by atoms with Crippen LogP contribution in [0.2, 0.25) is 0 Å². The lowest BCUT2D eigenvalue weighted by Gasteiger charge is -2.34. The van der Waals surface area contributed by atoms with Gasteiger partial charge in [-0.15, -0.1) is 12.4 Å². The molecule has 1 aliphatic rings. The van der Waals surface area contributed by atoms with Gasteiger partial charge in [0.15, 0.2) is 0 Å². The van der Waals surface area contributed by atoms with E-state index in [1.54, 1.807) is 30.3 Å². The van der Waals surface area contributed by atoms with Crippen molar-refractivity contribution in [1.29, 1.82) is 5.26 Å². The van der Waals surface area contributed by atoms with Gasteiger partial charge in [0.2, 0.25) is 0 Å². The number of piperidine rings is 1. The number of hydrogen-bond acceptors (Lipinski definition) is 3. The molecule has 1 amide bonds. The van der Waals surface area contributed by atoms with Crippen molar-refractivity contribution in [2.24, 2.45) is 5.92 Å². The highest BCUT2D eigenvalue weighted by Crippen LogP contribution is 2.32. The fraction of sp³-hybridized carbons (Fsp3) is 0.429. The van der Waals surface area contributed by atoms with Crippen molar-refractivity contribution in [3.05, 3.63) is 35.9 Å². The number of benzene rings is 1. The maximum atomic E-state index is 13.6. The van der Waals surface area contributed by atoms with Crippen LogP contribution in [0.4, 0.5) is 13.6 Å². The molecule has 0 aliphatic carbocycles. The molecular formula is C14H15ClF2N2O2. The van der Waals surface area contributed by atoms with Crippen molar-refractivity contribution in [3.8, 4) is 6.07 Å². The Morgan fingerprint density at radius 1 is 1.43 bits per heavy atom. The van der Waals surface area contributed by atoms with E-state index in [2.05, 4.69) is 0 Å². The minimum absolute atomic E-state index is 0. The second-order valence-corrected chi connectivity index (χ2v) is 4.69. The van der Waals surface area contributed by atoms with Crippen molar-refractivity contribution in [3.63, 3.8) is 0 Å². The van der Waals surface area contributed by atoms with Gasteiger partial charge in [-0.1, -0.05) is 30.3 Å². The van der Waals surface area contributed by atoms with Gasteiger partial charge in [0.1, 0.15) is 12.5 Å². The number of carbonyl (C=O) groups is 1. The minimum Gasteiger partial charge on any atom is -0.445 e. The third-order valence-corrected chi connectivity index (χ3v) is 3.22. The Hall–Kier alpha value is -1.87. The number of carbonyl (C=O) groups excluding carboxylic acids is 1. The normalized spacial score (nSPS) is 20.0. The summed E-state index contributed by atoms with van der Waals surface area (Å²) in [6, 6.07) is 10.6. The van der Waals surface area contributed by atoms with Crippen LogP contribution in [0.15, 0.2) is 30.3 Å². The first-order chi connectivity index (χ1) is 9.53. The third-order valence-electron chi connectivity index (χ3n) is 3.22. The fourth-order valence-corrected chi connectivity index (χ4v) is 2.07. The highest BCUT2D eigenvalue weighted by Gasteiger charge is 2.46. The minimum atomic E-state index is -3.18. The number of alkyl halides is 2. The number of likely N-dealkylation sites (tertiary alicyclic amines) is 1. The molecule has 0 bridgehead atoms. The van der Waals surface area contributed by atoms with Crippen molar-refractivity contribution < 1.29 is 18.3 Å². The molecule has 0 radical (unpaired) electrons. The van der Waals surface area contributed by atoms with Crippen molar-refractivity contribution in [2.45, 2.75) is 19.0 Å². The molecule has 0 aromatic heterocycles. The zero-order valence-corrected chi connectivity index (χ0v) is 12.0. The molecule has 1 unspecified atom stereocenters. The van der Waals surface area contributed by atoms with Crippen molar-refractivity contribution in [1.82, 2.24) is 4.90 Å². The highest BCUT2D eigenvalue weighted by atomic mass is 35.5. The van der Waals surface area contributed by atoms with E-state index in [0.29, 0.717) is 0 Å². The van der Waals surface area contributed by atoms with E-state index in [4.69, 9.17) is 10.00 Å². The first kappa shape index (κ1) is 17.2. The van der Waals surface area contributed by atoms with Gasteiger partial charge < -0.3 is 9.64 Å². The molecule has 4 nitrogen and oxygen atoms in total. The van der Waals surface area contributed by atoms with Gasteiger partial charge in [0, 0.05) is 6.54 Å². The summed E-state index contributed by atoms with van der Waals surface area (Å²) < 4.78 is 32.1. The van der Waals surface area contributed by atoms with Crippen LogP contribution in [0, 0.1) is 17.2 Å². The molecule has 1 heterocycles. The van der Waals surface area contributed by atoms with Gasteiger partial charge in [-0.2, -0.15) is 5.26 Å². The molecule has 1 aromatic rings. The molecule has 0 spiro atoms. The van der Waals surface area contributed by atoms with Crippen LogP contribution in [0.1, 0.15) is 12.0 Å². The standard InChI is InChI=1S/C14H14F2N2O2.ClH/c15-14(16)10-18(7-6-12(14)8-17)13(19)20-9-11-4-2-1-3-5-11;/h1-5,12H,6-7,9-10H2;1H. The summed E-state index contributed by atoms with van der Waals surface area (Å²) in [6.45, 7) is -0.607. The van der Waals surface area contributed by atoms with E-state index in [-0.39, 0.29) is 32.0 Å². The molecule has 2 rings (SSSR count). The van der Waals surface area contributed by atoms with Crippen LogP contribution in [0.25, 0.3) is 0 Å². The van der Waals surface area contributed by atoms with Crippen LogP contribution in [0.3, 0.4) is 0 Å². The summed E-state index contributed by atoms with van der Waals surface area (Å²) >= 11 is 0. The first-order valence-electron chi connectivity index (χ1n) is 6.26. The molecule has 21 heavy (non-hydrogen) atoms. The molecule has 0 saturated carbocycles. The summed E-state index contributed by atoms with van der Waals surface area (Å²) in [4.78, 5) is 12.7. The average molecular weight is 317 g/mol. The Labute approximate surface area is 127 Å². The molecule has 1 fully saturated rings. The Morgan fingerprint density at radius 2 is 2.10 bits per heavy atom. The number of amides is 1. The Bertz CT molecular complexity index is 519. The Balaban J connectivity index is 0.00000220. The molecule has 1 aliphatic heterocycles. The third kappa shape index (κ3) is 4.30. The van der Waals surface area contributed by atoms with Gasteiger partial charge in [0.25, 0.3) is 5.92 Å². The van der Waals surface area contributed by atoms with Crippen LogP contribution >= 0.6 is 12.4 Å². The van der Waals surface area contributed by atoms with Crippen molar-refractivity contribution in [2.75, 3.05) is 13.1 Å². The zero-order valence-electron chi connectivity index (χ0n) is 11.2. The van der Waals surface area contributed by atoms with Crippen molar-refractivity contribution >= 4 is 18.5 Å². The number of nitriles is 1. The number of hydrogen-bond donors (Lipinski definition) is 0. The van der Waals surface area contributed by atoms with Crippen LogP contribution in [0.5, 0.6) is 0 Å². The number of halogens is 3. The van der Waals surface area contributed by atoms with Gasteiger partial charge in [-0.25, -0.2) is 13.6 Å². The monoisotopic (exact) mass is 316 g/mol.